The number of carbonyl (C=O) groups is 1. The fourth-order valence-electron chi connectivity index (χ4n) is 5.04. The van der Waals surface area contributed by atoms with E-state index in [0.29, 0.717) is 28.4 Å². The molecule has 0 saturated carbocycles. The van der Waals surface area contributed by atoms with Gasteiger partial charge in [0.1, 0.15) is 5.75 Å². The standard InChI is InChI=1S/C35H35F3N4O6/c1-21(2)24-6-7-30(45-3)29(13-24)28-15-32(47-5)31(46-4)14-25(28)20-42(34-40-17-27(18-41-34)48-9-8-33(43)44)19-23-10-22(16-39)11-26(12-23)35(36,37)38/h6-7,10-15,17-18,21H,8-9,19-20H2,1-5H3,(H,43,44). The second kappa shape index (κ2) is 15.4. The number of anilines is 1. The Morgan fingerprint density at radius 1 is 0.917 bits per heavy atom. The number of nitrogens with zero attached hydrogens (tertiary/aromatic N) is 4. The van der Waals surface area contributed by atoms with Crippen LogP contribution < -0.4 is 23.8 Å². The molecule has 1 aromatic heterocycles. The third kappa shape index (κ3) is 8.64. The number of aliphatic carboxylic acids is 1. The summed E-state index contributed by atoms with van der Waals surface area (Å²) in [5, 5.41) is 18.4. The molecule has 4 rings (SSSR count). The van der Waals surface area contributed by atoms with Gasteiger partial charge in [-0.2, -0.15) is 18.4 Å². The third-order valence-corrected chi connectivity index (χ3v) is 7.46. The molecular weight excluding hydrogens is 629 g/mol. The number of carboxylic acids is 1. The molecule has 0 amide bonds. The Balaban J connectivity index is 1.87. The van der Waals surface area contributed by atoms with Gasteiger partial charge in [-0.3, -0.25) is 4.79 Å². The van der Waals surface area contributed by atoms with Crippen molar-refractivity contribution in [3.05, 3.63) is 88.7 Å². The molecule has 0 fully saturated rings. The number of halogens is 3. The average Bonchev–Trinajstić information content (AvgIpc) is 3.07. The number of hydrogen-bond donors (Lipinski definition) is 1. The van der Waals surface area contributed by atoms with E-state index in [1.54, 1.807) is 18.1 Å². The minimum Gasteiger partial charge on any atom is -0.496 e. The van der Waals surface area contributed by atoms with Gasteiger partial charge in [-0.1, -0.05) is 19.9 Å². The predicted molar refractivity (Wildman–Crippen MR) is 171 cm³/mol. The zero-order valence-electron chi connectivity index (χ0n) is 27.1. The number of carboxylic acid groups (broad SMARTS) is 1. The second-order valence-corrected chi connectivity index (χ2v) is 11.1. The van der Waals surface area contributed by atoms with E-state index >= 15 is 0 Å². The SMILES string of the molecule is COc1cc(CN(Cc2cc(C#N)cc(C(F)(F)F)c2)c2ncc(OCCC(=O)O)cn2)c(-c2cc(C(C)C)ccc2OC)cc1OC. The molecule has 48 heavy (non-hydrogen) atoms. The van der Waals surface area contributed by atoms with E-state index in [1.165, 1.54) is 32.7 Å². The van der Waals surface area contributed by atoms with E-state index in [4.69, 9.17) is 24.1 Å². The van der Waals surface area contributed by atoms with Crippen molar-refractivity contribution in [1.29, 1.82) is 5.26 Å². The topological polar surface area (TPSA) is 127 Å². The van der Waals surface area contributed by atoms with Crippen molar-refractivity contribution in [2.75, 3.05) is 32.8 Å². The normalized spacial score (nSPS) is 11.2. The van der Waals surface area contributed by atoms with Crippen molar-refractivity contribution >= 4 is 11.9 Å². The highest BCUT2D eigenvalue weighted by Gasteiger charge is 2.31. The number of ether oxygens (including phenoxy) is 4. The maximum Gasteiger partial charge on any atom is 0.416 e. The van der Waals surface area contributed by atoms with Gasteiger partial charge < -0.3 is 29.0 Å². The Morgan fingerprint density at radius 3 is 2.17 bits per heavy atom. The number of methoxy groups -OCH3 is 3. The van der Waals surface area contributed by atoms with Crippen LogP contribution in [0.25, 0.3) is 11.1 Å². The molecule has 0 saturated heterocycles. The third-order valence-electron chi connectivity index (χ3n) is 7.46. The van der Waals surface area contributed by atoms with Crippen LogP contribution in [0.1, 0.15) is 54.0 Å². The van der Waals surface area contributed by atoms with E-state index in [2.05, 4.69) is 23.8 Å². The van der Waals surface area contributed by atoms with Crippen LogP contribution in [0, 0.1) is 11.3 Å². The summed E-state index contributed by atoms with van der Waals surface area (Å²) in [5.74, 6) is 0.995. The van der Waals surface area contributed by atoms with Gasteiger partial charge in [-0.25, -0.2) is 9.97 Å². The van der Waals surface area contributed by atoms with Crippen LogP contribution in [-0.4, -0.2) is 49.0 Å². The molecule has 0 unspecified atom stereocenters. The van der Waals surface area contributed by atoms with Gasteiger partial charge in [0.25, 0.3) is 0 Å². The first-order valence-corrected chi connectivity index (χ1v) is 14.8. The van der Waals surface area contributed by atoms with E-state index < -0.39 is 17.7 Å². The summed E-state index contributed by atoms with van der Waals surface area (Å²) in [6.45, 7) is 3.99. The first-order chi connectivity index (χ1) is 22.9. The molecule has 4 aromatic rings. The van der Waals surface area contributed by atoms with Crippen LogP contribution in [0.2, 0.25) is 0 Å². The molecule has 0 aliphatic heterocycles. The first kappa shape index (κ1) is 35.3. The zero-order valence-corrected chi connectivity index (χ0v) is 27.1. The van der Waals surface area contributed by atoms with Crippen LogP contribution in [0.5, 0.6) is 23.0 Å². The Hall–Kier alpha value is -5.51. The summed E-state index contributed by atoms with van der Waals surface area (Å²) < 4.78 is 63.8. The van der Waals surface area contributed by atoms with Crippen LogP contribution in [0.3, 0.4) is 0 Å². The molecule has 0 spiro atoms. The van der Waals surface area contributed by atoms with Crippen LogP contribution in [-0.2, 0) is 24.1 Å². The van der Waals surface area contributed by atoms with Gasteiger partial charge in [-0.05, 0) is 70.6 Å². The van der Waals surface area contributed by atoms with Crippen molar-refractivity contribution < 1.29 is 42.0 Å². The van der Waals surface area contributed by atoms with E-state index in [9.17, 15) is 23.2 Å². The Bertz CT molecular complexity index is 1790. The fourth-order valence-corrected chi connectivity index (χ4v) is 5.04. The van der Waals surface area contributed by atoms with Gasteiger partial charge in [0, 0.05) is 18.7 Å². The maximum atomic E-state index is 13.8. The Labute approximate surface area is 276 Å². The van der Waals surface area contributed by atoms with Gasteiger partial charge >= 0.3 is 12.1 Å². The molecular formula is C35H35F3N4O6. The quantitative estimate of drug-likeness (QED) is 0.147. The molecule has 1 N–H and O–H groups in total. The number of alkyl halides is 3. The smallest absolute Gasteiger partial charge is 0.416 e. The number of rotatable bonds is 14. The minimum atomic E-state index is -4.67. The maximum absolute atomic E-state index is 13.8. The summed E-state index contributed by atoms with van der Waals surface area (Å²) in [6, 6.07) is 14.4. The summed E-state index contributed by atoms with van der Waals surface area (Å²) >= 11 is 0. The zero-order chi connectivity index (χ0) is 35.0. The molecule has 1 heterocycles. The number of nitriles is 1. The molecule has 3 aromatic carbocycles. The van der Waals surface area contributed by atoms with Gasteiger partial charge in [0.05, 0.1) is 63.9 Å². The van der Waals surface area contributed by atoms with E-state index in [-0.39, 0.29) is 54.9 Å². The minimum absolute atomic E-state index is 0.0715. The van der Waals surface area contributed by atoms with Gasteiger partial charge in [-0.15, -0.1) is 0 Å². The largest absolute Gasteiger partial charge is 0.496 e. The first-order valence-electron chi connectivity index (χ1n) is 14.8. The van der Waals surface area contributed by atoms with Crippen molar-refractivity contribution in [3.63, 3.8) is 0 Å². The monoisotopic (exact) mass is 664 g/mol. The molecule has 0 aliphatic rings. The molecule has 13 heteroatoms. The van der Waals surface area contributed by atoms with Crippen molar-refractivity contribution in [2.24, 2.45) is 0 Å². The highest BCUT2D eigenvalue weighted by Crippen LogP contribution is 2.41. The average molecular weight is 665 g/mol. The Morgan fingerprint density at radius 2 is 1.58 bits per heavy atom. The molecule has 0 aliphatic carbocycles. The molecule has 252 valence electrons. The van der Waals surface area contributed by atoms with Crippen molar-refractivity contribution in [2.45, 2.75) is 45.5 Å². The Kier molecular flexibility index (Phi) is 11.3. The van der Waals surface area contributed by atoms with Crippen molar-refractivity contribution in [3.8, 4) is 40.2 Å². The van der Waals surface area contributed by atoms with Crippen molar-refractivity contribution in [1.82, 2.24) is 9.97 Å². The van der Waals surface area contributed by atoms with Crippen LogP contribution in [0.4, 0.5) is 19.1 Å². The summed E-state index contributed by atoms with van der Waals surface area (Å²) in [6.07, 6.45) is -2.19. The van der Waals surface area contributed by atoms with Gasteiger partial charge in [0.2, 0.25) is 5.95 Å². The highest BCUT2D eigenvalue weighted by molar-refractivity contribution is 5.77. The number of hydrogen-bond acceptors (Lipinski definition) is 9. The lowest BCUT2D eigenvalue weighted by molar-refractivity contribution is -0.138. The molecule has 0 bridgehead atoms. The van der Waals surface area contributed by atoms with Crippen LogP contribution >= 0.6 is 0 Å². The lowest BCUT2D eigenvalue weighted by Crippen LogP contribution is -2.25. The van der Waals surface area contributed by atoms with E-state index in [0.717, 1.165) is 23.3 Å². The predicted octanol–water partition coefficient (Wildman–Crippen LogP) is 7.24. The summed E-state index contributed by atoms with van der Waals surface area (Å²) in [7, 11) is 4.58. The number of aromatic nitrogens is 2. The fraction of sp³-hybridized carbons (Fsp3) is 0.314. The lowest BCUT2D eigenvalue weighted by Gasteiger charge is -2.26. The molecule has 0 radical (unpaired) electrons. The van der Waals surface area contributed by atoms with Gasteiger partial charge in [0.15, 0.2) is 17.2 Å². The van der Waals surface area contributed by atoms with E-state index in [1.807, 2.05) is 30.3 Å². The number of benzene rings is 3. The molecule has 0 atom stereocenters. The lowest BCUT2D eigenvalue weighted by atomic mass is 9.93. The summed E-state index contributed by atoms with van der Waals surface area (Å²) in [4.78, 5) is 21.4. The molecule has 10 nitrogen and oxygen atoms in total. The van der Waals surface area contributed by atoms with Crippen LogP contribution in [0.15, 0.2) is 60.9 Å². The highest BCUT2D eigenvalue weighted by atomic mass is 19.4. The summed E-state index contributed by atoms with van der Waals surface area (Å²) in [5.41, 5.74) is 2.31. The second-order valence-electron chi connectivity index (χ2n) is 11.1.